The summed E-state index contributed by atoms with van der Waals surface area (Å²) in [6.07, 6.45) is 4.62. The van der Waals surface area contributed by atoms with Gasteiger partial charge in [0.25, 0.3) is 0 Å². The average molecular weight is 214 g/mol. The fraction of sp³-hybridized carbons (Fsp3) is 0.833. The second kappa shape index (κ2) is 8.45. The van der Waals surface area contributed by atoms with Crippen molar-refractivity contribution < 1.29 is 14.3 Å². The molecule has 88 valence electrons. The SMILES string of the molecule is CCCCCC(OC(C)=O)C(=O)CCC. The first-order valence-electron chi connectivity index (χ1n) is 5.81. The van der Waals surface area contributed by atoms with E-state index >= 15 is 0 Å². The van der Waals surface area contributed by atoms with Crippen LogP contribution in [0.1, 0.15) is 59.3 Å². The molecule has 1 atom stereocenters. The van der Waals surface area contributed by atoms with E-state index in [0.717, 1.165) is 25.7 Å². The van der Waals surface area contributed by atoms with Gasteiger partial charge in [-0.05, 0) is 19.3 Å². The van der Waals surface area contributed by atoms with Gasteiger partial charge in [0, 0.05) is 13.3 Å². The van der Waals surface area contributed by atoms with Crippen LogP contribution in [0.15, 0.2) is 0 Å². The fourth-order valence-corrected chi connectivity index (χ4v) is 1.47. The first-order chi connectivity index (χ1) is 7.11. The molecule has 0 heterocycles. The van der Waals surface area contributed by atoms with Gasteiger partial charge in [-0.1, -0.05) is 26.7 Å². The minimum atomic E-state index is -0.506. The van der Waals surface area contributed by atoms with Gasteiger partial charge in [0.05, 0.1) is 0 Å². The van der Waals surface area contributed by atoms with Gasteiger partial charge < -0.3 is 4.74 Å². The molecule has 0 fully saturated rings. The van der Waals surface area contributed by atoms with E-state index < -0.39 is 6.10 Å². The zero-order chi connectivity index (χ0) is 11.7. The molecule has 3 heteroatoms. The lowest BCUT2D eigenvalue weighted by Crippen LogP contribution is -2.26. The monoisotopic (exact) mass is 214 g/mol. The van der Waals surface area contributed by atoms with Crippen molar-refractivity contribution in [3.63, 3.8) is 0 Å². The van der Waals surface area contributed by atoms with Crippen LogP contribution in [-0.4, -0.2) is 17.9 Å². The number of ketones is 1. The number of ether oxygens (including phenoxy) is 1. The predicted octanol–water partition coefficient (Wildman–Crippen LogP) is 2.87. The molecule has 0 bridgehead atoms. The molecule has 0 aromatic carbocycles. The lowest BCUT2D eigenvalue weighted by atomic mass is 10.0. The molecular weight excluding hydrogens is 192 g/mol. The van der Waals surface area contributed by atoms with Crippen LogP contribution in [0.2, 0.25) is 0 Å². The second-order valence-electron chi connectivity index (χ2n) is 3.81. The molecule has 0 aliphatic heterocycles. The van der Waals surface area contributed by atoms with Gasteiger partial charge in [-0.15, -0.1) is 0 Å². The molecule has 0 N–H and O–H groups in total. The van der Waals surface area contributed by atoms with E-state index in [2.05, 4.69) is 6.92 Å². The lowest BCUT2D eigenvalue weighted by Gasteiger charge is -2.15. The summed E-state index contributed by atoms with van der Waals surface area (Å²) in [4.78, 5) is 22.4. The number of Topliss-reactive ketones (excluding diaryl/α,β-unsaturated/α-hetero) is 1. The van der Waals surface area contributed by atoms with Crippen LogP contribution in [0.25, 0.3) is 0 Å². The Morgan fingerprint density at radius 3 is 2.27 bits per heavy atom. The largest absolute Gasteiger partial charge is 0.455 e. The standard InChI is InChI=1S/C12H22O3/c1-4-6-7-9-12(15-10(3)13)11(14)8-5-2/h12H,4-9H2,1-3H3. The topological polar surface area (TPSA) is 43.4 Å². The molecular formula is C12H22O3. The van der Waals surface area contributed by atoms with Gasteiger partial charge in [0.15, 0.2) is 11.9 Å². The molecule has 3 nitrogen and oxygen atoms in total. The van der Waals surface area contributed by atoms with Crippen molar-refractivity contribution in [2.45, 2.75) is 65.4 Å². The highest BCUT2D eigenvalue weighted by Crippen LogP contribution is 2.10. The van der Waals surface area contributed by atoms with Gasteiger partial charge in [0.2, 0.25) is 0 Å². The third-order valence-electron chi connectivity index (χ3n) is 2.23. The van der Waals surface area contributed by atoms with E-state index in [1.165, 1.54) is 6.92 Å². The van der Waals surface area contributed by atoms with Crippen LogP contribution in [-0.2, 0) is 14.3 Å². The van der Waals surface area contributed by atoms with E-state index in [1.807, 2.05) is 6.92 Å². The second-order valence-corrected chi connectivity index (χ2v) is 3.81. The average Bonchev–Trinajstić information content (AvgIpc) is 2.16. The Hall–Kier alpha value is -0.860. The third kappa shape index (κ3) is 7.11. The van der Waals surface area contributed by atoms with Gasteiger partial charge >= 0.3 is 5.97 Å². The molecule has 0 aliphatic carbocycles. The number of hydrogen-bond donors (Lipinski definition) is 0. The molecule has 0 saturated carbocycles. The number of hydrogen-bond acceptors (Lipinski definition) is 3. The van der Waals surface area contributed by atoms with Crippen LogP contribution in [0, 0.1) is 0 Å². The highest BCUT2D eigenvalue weighted by atomic mass is 16.5. The summed E-state index contributed by atoms with van der Waals surface area (Å²) in [6, 6.07) is 0. The smallest absolute Gasteiger partial charge is 0.303 e. The summed E-state index contributed by atoms with van der Waals surface area (Å²) in [5, 5.41) is 0. The Labute approximate surface area is 92.2 Å². The zero-order valence-corrected chi connectivity index (χ0v) is 10.0. The Morgan fingerprint density at radius 2 is 1.80 bits per heavy atom. The minimum absolute atomic E-state index is 0.0591. The van der Waals surface area contributed by atoms with Gasteiger partial charge in [-0.2, -0.15) is 0 Å². The van der Waals surface area contributed by atoms with Crippen LogP contribution >= 0.6 is 0 Å². The van der Waals surface area contributed by atoms with E-state index in [-0.39, 0.29) is 11.8 Å². The van der Waals surface area contributed by atoms with Crippen molar-refractivity contribution in [3.8, 4) is 0 Å². The predicted molar refractivity (Wildman–Crippen MR) is 59.6 cm³/mol. The first-order valence-corrected chi connectivity index (χ1v) is 5.81. The Bertz CT molecular complexity index is 199. The van der Waals surface area contributed by atoms with Crippen molar-refractivity contribution in [2.24, 2.45) is 0 Å². The third-order valence-corrected chi connectivity index (χ3v) is 2.23. The summed E-state index contributed by atoms with van der Waals surface area (Å²) in [5.41, 5.74) is 0. The Balaban J connectivity index is 4.05. The molecule has 0 aromatic rings. The first kappa shape index (κ1) is 14.1. The maximum Gasteiger partial charge on any atom is 0.303 e. The molecule has 1 unspecified atom stereocenters. The summed E-state index contributed by atoms with van der Waals surface area (Å²) in [5.74, 6) is -0.301. The number of carbonyl (C=O) groups is 2. The molecule has 0 aliphatic rings. The molecule has 0 amide bonds. The molecule has 0 rings (SSSR count). The highest BCUT2D eigenvalue weighted by molar-refractivity contribution is 5.85. The number of rotatable bonds is 8. The van der Waals surface area contributed by atoms with Gasteiger partial charge in [-0.25, -0.2) is 0 Å². The van der Waals surface area contributed by atoms with Crippen molar-refractivity contribution in [3.05, 3.63) is 0 Å². The number of carbonyl (C=O) groups excluding carboxylic acids is 2. The minimum Gasteiger partial charge on any atom is -0.455 e. The summed E-state index contributed by atoms with van der Waals surface area (Å²) < 4.78 is 5.02. The molecule has 0 spiro atoms. The Morgan fingerprint density at radius 1 is 1.13 bits per heavy atom. The summed E-state index contributed by atoms with van der Waals surface area (Å²) >= 11 is 0. The zero-order valence-electron chi connectivity index (χ0n) is 10.0. The summed E-state index contributed by atoms with van der Waals surface area (Å²) in [7, 11) is 0. The normalized spacial score (nSPS) is 12.2. The molecule has 0 saturated heterocycles. The van der Waals surface area contributed by atoms with Crippen molar-refractivity contribution >= 4 is 11.8 Å². The van der Waals surface area contributed by atoms with Crippen LogP contribution in [0.4, 0.5) is 0 Å². The molecule has 0 radical (unpaired) electrons. The van der Waals surface area contributed by atoms with Gasteiger partial charge in [0.1, 0.15) is 0 Å². The van der Waals surface area contributed by atoms with E-state index in [1.54, 1.807) is 0 Å². The number of unbranched alkanes of at least 4 members (excludes halogenated alkanes) is 2. The molecule has 15 heavy (non-hydrogen) atoms. The number of esters is 1. The fourth-order valence-electron chi connectivity index (χ4n) is 1.47. The molecule has 0 aromatic heterocycles. The van der Waals surface area contributed by atoms with Crippen molar-refractivity contribution in [1.29, 1.82) is 0 Å². The van der Waals surface area contributed by atoms with E-state index in [0.29, 0.717) is 12.8 Å². The Kier molecular flexibility index (Phi) is 7.96. The summed E-state index contributed by atoms with van der Waals surface area (Å²) in [6.45, 7) is 5.41. The maximum atomic E-state index is 11.6. The highest BCUT2D eigenvalue weighted by Gasteiger charge is 2.19. The maximum absolute atomic E-state index is 11.6. The van der Waals surface area contributed by atoms with Crippen LogP contribution in [0.5, 0.6) is 0 Å². The lowest BCUT2D eigenvalue weighted by molar-refractivity contribution is -0.153. The van der Waals surface area contributed by atoms with Crippen molar-refractivity contribution in [1.82, 2.24) is 0 Å². The quantitative estimate of drug-likeness (QED) is 0.461. The van der Waals surface area contributed by atoms with E-state index in [4.69, 9.17) is 4.74 Å². The van der Waals surface area contributed by atoms with Crippen LogP contribution in [0.3, 0.4) is 0 Å². The van der Waals surface area contributed by atoms with E-state index in [9.17, 15) is 9.59 Å². The van der Waals surface area contributed by atoms with Gasteiger partial charge in [-0.3, -0.25) is 9.59 Å². The van der Waals surface area contributed by atoms with Crippen molar-refractivity contribution in [2.75, 3.05) is 0 Å². The van der Waals surface area contributed by atoms with Crippen LogP contribution < -0.4 is 0 Å².